The van der Waals surface area contributed by atoms with Gasteiger partial charge in [0.25, 0.3) is 0 Å². The molecule has 2 aromatic carbocycles. The smallest absolute Gasteiger partial charge is 0.412 e. The predicted octanol–water partition coefficient (Wildman–Crippen LogP) is 5.70. The molecule has 0 unspecified atom stereocenters. The minimum Gasteiger partial charge on any atom is -0.487 e. The molecule has 0 spiro atoms. The first-order valence-corrected chi connectivity index (χ1v) is 9.38. The molecule has 6 heteroatoms. The summed E-state index contributed by atoms with van der Waals surface area (Å²) in [7, 11) is 0. The number of carbonyl (C=O) groups is 1. The van der Waals surface area contributed by atoms with Gasteiger partial charge in [-0.2, -0.15) is 0 Å². The normalized spacial score (nSPS) is 11.4. The second-order valence-electron chi connectivity index (χ2n) is 6.90. The Kier molecular flexibility index (Phi) is 5.41. The van der Waals surface area contributed by atoms with Crippen LogP contribution < -0.4 is 10.1 Å². The molecular formula is C20H21IN2O3. The van der Waals surface area contributed by atoms with Crippen molar-refractivity contribution >= 4 is 45.3 Å². The highest BCUT2D eigenvalue weighted by Gasteiger charge is 2.19. The quantitative estimate of drug-likeness (QED) is 0.487. The van der Waals surface area contributed by atoms with Crippen molar-refractivity contribution in [1.29, 1.82) is 0 Å². The van der Waals surface area contributed by atoms with Crippen molar-refractivity contribution < 1.29 is 14.3 Å². The number of halogens is 1. The number of nitrogens with one attached hydrogen (secondary N) is 2. The van der Waals surface area contributed by atoms with Crippen molar-refractivity contribution in [1.82, 2.24) is 4.98 Å². The Bertz CT molecular complexity index is 914. The van der Waals surface area contributed by atoms with Crippen LogP contribution in [0.25, 0.3) is 10.9 Å². The first-order chi connectivity index (χ1) is 12.3. The van der Waals surface area contributed by atoms with Gasteiger partial charge in [0.1, 0.15) is 18.0 Å². The van der Waals surface area contributed by atoms with E-state index in [1.807, 2.05) is 69.4 Å². The van der Waals surface area contributed by atoms with E-state index >= 15 is 0 Å². The van der Waals surface area contributed by atoms with Crippen LogP contribution in [0.1, 0.15) is 26.3 Å². The molecule has 1 heterocycles. The number of fused-ring (bicyclic) bond motifs is 1. The molecule has 3 rings (SSSR count). The van der Waals surface area contributed by atoms with Crippen molar-refractivity contribution in [3.63, 3.8) is 0 Å². The lowest BCUT2D eigenvalue weighted by molar-refractivity contribution is 0.0636. The van der Waals surface area contributed by atoms with E-state index in [0.717, 1.165) is 20.0 Å². The number of benzene rings is 2. The number of ether oxygens (including phenoxy) is 2. The summed E-state index contributed by atoms with van der Waals surface area (Å²) < 4.78 is 12.3. The average molecular weight is 464 g/mol. The molecule has 136 valence electrons. The van der Waals surface area contributed by atoms with Crippen LogP contribution in [0.3, 0.4) is 0 Å². The zero-order valence-corrected chi connectivity index (χ0v) is 17.1. The van der Waals surface area contributed by atoms with Crippen LogP contribution in [0, 0.1) is 3.57 Å². The molecule has 0 bridgehead atoms. The van der Waals surface area contributed by atoms with E-state index < -0.39 is 11.7 Å². The van der Waals surface area contributed by atoms with Crippen LogP contribution in [0.15, 0.2) is 48.7 Å². The Labute approximate surface area is 166 Å². The Morgan fingerprint density at radius 2 is 1.92 bits per heavy atom. The van der Waals surface area contributed by atoms with Crippen molar-refractivity contribution in [2.24, 2.45) is 0 Å². The summed E-state index contributed by atoms with van der Waals surface area (Å²) in [6.07, 6.45) is 1.37. The molecule has 26 heavy (non-hydrogen) atoms. The first kappa shape index (κ1) is 18.6. The number of amides is 1. The third kappa shape index (κ3) is 4.49. The van der Waals surface area contributed by atoms with Gasteiger partial charge in [-0.05, 0) is 55.0 Å². The van der Waals surface area contributed by atoms with Gasteiger partial charge >= 0.3 is 6.09 Å². The van der Waals surface area contributed by atoms with Crippen molar-refractivity contribution in [3.8, 4) is 5.75 Å². The molecule has 3 aromatic rings. The minimum atomic E-state index is -0.555. The third-order valence-electron chi connectivity index (χ3n) is 3.61. The molecule has 1 amide bonds. The standard InChI is InChI=1S/C20H21IN2O3/c1-20(2,3)26-19(24)23-15-11-16(18-14(17(15)21)9-10-22-18)25-12-13-7-5-4-6-8-13/h4-11,22H,12H2,1-3H3,(H,23,24). The molecule has 0 saturated heterocycles. The SMILES string of the molecule is CC(C)(C)OC(=O)Nc1cc(OCc2ccccc2)c2[nH]ccc2c1I. The summed E-state index contributed by atoms with van der Waals surface area (Å²) in [5.74, 6) is 0.681. The maximum absolute atomic E-state index is 12.2. The van der Waals surface area contributed by atoms with E-state index in [1.165, 1.54) is 0 Å². The summed E-state index contributed by atoms with van der Waals surface area (Å²) in [5, 5.41) is 3.81. The fourth-order valence-corrected chi connectivity index (χ4v) is 3.26. The van der Waals surface area contributed by atoms with Crippen LogP contribution in [-0.2, 0) is 11.3 Å². The van der Waals surface area contributed by atoms with Gasteiger partial charge in [0.2, 0.25) is 0 Å². The second kappa shape index (κ2) is 7.57. The monoisotopic (exact) mass is 464 g/mol. The number of aromatic nitrogens is 1. The Morgan fingerprint density at radius 3 is 2.62 bits per heavy atom. The maximum atomic E-state index is 12.2. The molecular weight excluding hydrogens is 443 g/mol. The maximum Gasteiger partial charge on any atom is 0.412 e. The molecule has 0 saturated carbocycles. The Hall–Kier alpha value is -2.22. The summed E-state index contributed by atoms with van der Waals surface area (Å²) >= 11 is 2.22. The minimum absolute atomic E-state index is 0.446. The van der Waals surface area contributed by atoms with E-state index in [0.29, 0.717) is 18.0 Å². The fraction of sp³-hybridized carbons (Fsp3) is 0.250. The van der Waals surface area contributed by atoms with Crippen molar-refractivity contribution in [2.45, 2.75) is 33.0 Å². The first-order valence-electron chi connectivity index (χ1n) is 8.30. The topological polar surface area (TPSA) is 63.4 Å². The van der Waals surface area contributed by atoms with Gasteiger partial charge in [-0.3, -0.25) is 5.32 Å². The number of anilines is 1. The highest BCUT2D eigenvalue weighted by molar-refractivity contribution is 14.1. The lowest BCUT2D eigenvalue weighted by Gasteiger charge is -2.20. The molecule has 0 radical (unpaired) electrons. The molecule has 0 aliphatic carbocycles. The lowest BCUT2D eigenvalue weighted by Crippen LogP contribution is -2.27. The summed E-state index contributed by atoms with van der Waals surface area (Å²) in [4.78, 5) is 15.4. The van der Waals surface area contributed by atoms with Crippen LogP contribution >= 0.6 is 22.6 Å². The van der Waals surface area contributed by atoms with Gasteiger partial charge in [-0.25, -0.2) is 4.79 Å². The average Bonchev–Trinajstić information content (AvgIpc) is 3.06. The molecule has 0 aliphatic heterocycles. The summed E-state index contributed by atoms with van der Waals surface area (Å²) in [5.41, 5.74) is 2.09. The van der Waals surface area contributed by atoms with E-state index in [1.54, 1.807) is 0 Å². The zero-order chi connectivity index (χ0) is 18.7. The lowest BCUT2D eigenvalue weighted by atomic mass is 10.2. The molecule has 1 aromatic heterocycles. The van der Waals surface area contributed by atoms with Crippen molar-refractivity contribution in [2.75, 3.05) is 5.32 Å². The van der Waals surface area contributed by atoms with E-state index in [-0.39, 0.29) is 0 Å². The van der Waals surface area contributed by atoms with Gasteiger partial charge in [-0.15, -0.1) is 0 Å². The van der Waals surface area contributed by atoms with Crippen LogP contribution in [0.5, 0.6) is 5.75 Å². The van der Waals surface area contributed by atoms with Gasteiger partial charge in [0, 0.05) is 21.2 Å². The van der Waals surface area contributed by atoms with Gasteiger partial charge in [0.15, 0.2) is 0 Å². The highest BCUT2D eigenvalue weighted by Crippen LogP contribution is 2.35. The zero-order valence-electron chi connectivity index (χ0n) is 14.9. The Balaban J connectivity index is 1.87. The highest BCUT2D eigenvalue weighted by atomic mass is 127. The number of carbonyl (C=O) groups excluding carboxylic acids is 1. The fourth-order valence-electron chi connectivity index (χ4n) is 2.52. The number of rotatable bonds is 4. The van der Waals surface area contributed by atoms with E-state index in [9.17, 15) is 4.79 Å². The van der Waals surface area contributed by atoms with Crippen LogP contribution in [-0.4, -0.2) is 16.7 Å². The third-order valence-corrected chi connectivity index (χ3v) is 4.78. The van der Waals surface area contributed by atoms with E-state index in [2.05, 4.69) is 32.9 Å². The van der Waals surface area contributed by atoms with E-state index in [4.69, 9.17) is 9.47 Å². The predicted molar refractivity (Wildman–Crippen MR) is 112 cm³/mol. The summed E-state index contributed by atoms with van der Waals surface area (Å²) in [6.45, 7) is 5.95. The number of hydrogen-bond acceptors (Lipinski definition) is 3. The molecule has 0 fully saturated rings. The largest absolute Gasteiger partial charge is 0.487 e. The van der Waals surface area contributed by atoms with Gasteiger partial charge < -0.3 is 14.5 Å². The van der Waals surface area contributed by atoms with Crippen molar-refractivity contribution in [3.05, 3.63) is 57.8 Å². The van der Waals surface area contributed by atoms with Gasteiger partial charge in [-0.1, -0.05) is 30.3 Å². The van der Waals surface area contributed by atoms with Gasteiger partial charge in [0.05, 0.1) is 11.2 Å². The molecule has 0 aliphatic rings. The second-order valence-corrected chi connectivity index (χ2v) is 7.98. The molecule has 0 atom stereocenters. The molecule has 5 nitrogen and oxygen atoms in total. The molecule has 2 N–H and O–H groups in total. The number of hydrogen-bond donors (Lipinski definition) is 2. The number of aromatic amines is 1. The van der Waals surface area contributed by atoms with Crippen LogP contribution in [0.4, 0.5) is 10.5 Å². The number of H-pyrrole nitrogens is 1. The Morgan fingerprint density at radius 1 is 1.19 bits per heavy atom. The summed E-state index contributed by atoms with van der Waals surface area (Å²) in [6, 6.07) is 13.7. The van der Waals surface area contributed by atoms with Crippen LogP contribution in [0.2, 0.25) is 0 Å².